The lowest BCUT2D eigenvalue weighted by atomic mass is 9.83. The van der Waals surface area contributed by atoms with Gasteiger partial charge in [-0.3, -0.25) is 4.79 Å². The molecule has 3 nitrogen and oxygen atoms in total. The lowest BCUT2D eigenvalue weighted by molar-refractivity contribution is -0.129. The fourth-order valence-electron chi connectivity index (χ4n) is 1.49. The number of amides is 1. The molecule has 3 heteroatoms. The summed E-state index contributed by atoms with van der Waals surface area (Å²) in [6.07, 6.45) is 3.24. The number of rotatable bonds is 4. The third-order valence-corrected chi connectivity index (χ3v) is 3.27. The zero-order chi connectivity index (χ0) is 10.8. The summed E-state index contributed by atoms with van der Waals surface area (Å²) < 4.78 is 0. The first-order valence-electron chi connectivity index (χ1n) is 5.26. The van der Waals surface area contributed by atoms with Crippen LogP contribution in [0.25, 0.3) is 0 Å². The summed E-state index contributed by atoms with van der Waals surface area (Å²) in [5, 5.41) is 12.0. The average Bonchev–Trinajstić information content (AvgIpc) is 2.87. The smallest absolute Gasteiger partial charge is 0.240 e. The molecule has 0 heterocycles. The van der Waals surface area contributed by atoms with Crippen LogP contribution in [0.15, 0.2) is 0 Å². The lowest BCUT2D eigenvalue weighted by Gasteiger charge is -2.24. The first-order chi connectivity index (χ1) is 6.52. The highest BCUT2D eigenvalue weighted by atomic mass is 16.2. The number of nitrogens with zero attached hydrogens (tertiary/aromatic N) is 1. The Labute approximate surface area is 85.5 Å². The van der Waals surface area contributed by atoms with E-state index in [-0.39, 0.29) is 11.4 Å². The van der Waals surface area contributed by atoms with E-state index >= 15 is 0 Å². The molecular weight excluding hydrogens is 176 g/mol. The van der Waals surface area contributed by atoms with Crippen molar-refractivity contribution < 1.29 is 4.79 Å². The van der Waals surface area contributed by atoms with Crippen molar-refractivity contribution in [3.63, 3.8) is 0 Å². The van der Waals surface area contributed by atoms with Crippen LogP contribution < -0.4 is 5.32 Å². The molecule has 1 amide bonds. The van der Waals surface area contributed by atoms with Crippen molar-refractivity contribution in [1.29, 1.82) is 5.26 Å². The number of hydrogen-bond acceptors (Lipinski definition) is 2. The number of nitrogens with one attached hydrogen (secondary N) is 1. The molecule has 1 fully saturated rings. The Morgan fingerprint density at radius 3 is 2.29 bits per heavy atom. The average molecular weight is 194 g/mol. The van der Waals surface area contributed by atoms with Crippen molar-refractivity contribution in [2.45, 2.75) is 52.0 Å². The molecule has 1 saturated carbocycles. The van der Waals surface area contributed by atoms with Gasteiger partial charge < -0.3 is 5.32 Å². The van der Waals surface area contributed by atoms with Crippen molar-refractivity contribution >= 4 is 5.91 Å². The van der Waals surface area contributed by atoms with Gasteiger partial charge in [-0.25, -0.2) is 0 Å². The number of hydrogen-bond donors (Lipinski definition) is 1. The van der Waals surface area contributed by atoms with Gasteiger partial charge in [0, 0.05) is 5.54 Å². The Balaban J connectivity index is 2.69. The van der Waals surface area contributed by atoms with Gasteiger partial charge in [0.05, 0.1) is 6.07 Å². The van der Waals surface area contributed by atoms with E-state index in [1.807, 2.05) is 20.8 Å². The molecule has 0 aromatic rings. The molecule has 0 bridgehead atoms. The molecule has 1 rings (SSSR count). The summed E-state index contributed by atoms with van der Waals surface area (Å²) >= 11 is 0. The molecule has 0 radical (unpaired) electrons. The molecule has 1 aliphatic carbocycles. The topological polar surface area (TPSA) is 52.9 Å². The summed E-state index contributed by atoms with van der Waals surface area (Å²) in [7, 11) is 0. The summed E-state index contributed by atoms with van der Waals surface area (Å²) in [6.45, 7) is 5.81. The molecule has 0 aliphatic heterocycles. The SMILES string of the molecule is CCC(C#N)(CC)C(=O)NC1(C)CC1. The first kappa shape index (κ1) is 11.0. The Hall–Kier alpha value is -1.04. The number of carbonyl (C=O) groups is 1. The molecule has 1 N–H and O–H groups in total. The van der Waals surface area contributed by atoms with Crippen LogP contribution in [0.2, 0.25) is 0 Å². The fourth-order valence-corrected chi connectivity index (χ4v) is 1.49. The van der Waals surface area contributed by atoms with Crippen LogP contribution in [0.1, 0.15) is 46.5 Å². The molecule has 0 spiro atoms. The maximum Gasteiger partial charge on any atom is 0.240 e. The van der Waals surface area contributed by atoms with E-state index in [9.17, 15) is 4.79 Å². The van der Waals surface area contributed by atoms with Gasteiger partial charge in [0.1, 0.15) is 5.41 Å². The minimum atomic E-state index is -0.814. The van der Waals surface area contributed by atoms with Crippen LogP contribution in [-0.2, 0) is 4.79 Å². The van der Waals surface area contributed by atoms with Gasteiger partial charge in [-0.2, -0.15) is 5.26 Å². The third-order valence-electron chi connectivity index (χ3n) is 3.27. The van der Waals surface area contributed by atoms with E-state index in [0.717, 1.165) is 12.8 Å². The molecule has 0 aromatic heterocycles. The fraction of sp³-hybridized carbons (Fsp3) is 0.818. The summed E-state index contributed by atoms with van der Waals surface area (Å²) in [4.78, 5) is 11.9. The van der Waals surface area contributed by atoms with Gasteiger partial charge in [-0.15, -0.1) is 0 Å². The summed E-state index contributed by atoms with van der Waals surface area (Å²) in [5.41, 5.74) is -0.838. The summed E-state index contributed by atoms with van der Waals surface area (Å²) in [5.74, 6) is -0.0926. The van der Waals surface area contributed by atoms with Crippen molar-refractivity contribution in [3.8, 4) is 6.07 Å². The van der Waals surface area contributed by atoms with Gasteiger partial charge >= 0.3 is 0 Å². The Kier molecular flexibility index (Phi) is 2.84. The molecule has 0 saturated heterocycles. The van der Waals surface area contributed by atoms with Crippen LogP contribution in [-0.4, -0.2) is 11.4 Å². The maximum atomic E-state index is 11.9. The van der Waals surface area contributed by atoms with Gasteiger partial charge in [0.15, 0.2) is 0 Å². The Morgan fingerprint density at radius 1 is 1.50 bits per heavy atom. The predicted molar refractivity (Wildman–Crippen MR) is 54.4 cm³/mol. The normalized spacial score (nSPS) is 18.4. The maximum absolute atomic E-state index is 11.9. The van der Waals surface area contributed by atoms with Crippen molar-refractivity contribution in [2.24, 2.45) is 5.41 Å². The van der Waals surface area contributed by atoms with E-state index in [1.165, 1.54) is 0 Å². The van der Waals surface area contributed by atoms with Crippen molar-refractivity contribution in [2.75, 3.05) is 0 Å². The van der Waals surface area contributed by atoms with Crippen LogP contribution in [0.5, 0.6) is 0 Å². The van der Waals surface area contributed by atoms with Gasteiger partial charge in [-0.05, 0) is 32.6 Å². The predicted octanol–water partition coefficient (Wildman–Crippen LogP) is 1.99. The standard InChI is InChI=1S/C11H18N2O/c1-4-11(5-2,8-12)9(14)13-10(3)6-7-10/h4-7H2,1-3H3,(H,13,14). The van der Waals surface area contributed by atoms with Gasteiger partial charge in [0.25, 0.3) is 0 Å². The largest absolute Gasteiger partial charge is 0.350 e. The first-order valence-corrected chi connectivity index (χ1v) is 5.26. The molecule has 78 valence electrons. The molecule has 14 heavy (non-hydrogen) atoms. The second kappa shape index (κ2) is 3.61. The molecule has 1 aliphatic rings. The zero-order valence-corrected chi connectivity index (χ0v) is 9.18. The third kappa shape index (κ3) is 1.89. The van der Waals surface area contributed by atoms with E-state index in [2.05, 4.69) is 11.4 Å². The molecule has 0 unspecified atom stereocenters. The Bertz CT molecular complexity index is 270. The molecule has 0 atom stereocenters. The molecule has 0 aromatic carbocycles. The van der Waals surface area contributed by atoms with Crippen molar-refractivity contribution in [1.82, 2.24) is 5.32 Å². The van der Waals surface area contributed by atoms with Gasteiger partial charge in [0.2, 0.25) is 5.91 Å². The summed E-state index contributed by atoms with van der Waals surface area (Å²) in [6, 6.07) is 2.15. The van der Waals surface area contributed by atoms with Crippen molar-refractivity contribution in [3.05, 3.63) is 0 Å². The Morgan fingerprint density at radius 2 is 2.00 bits per heavy atom. The van der Waals surface area contributed by atoms with E-state index < -0.39 is 5.41 Å². The second-order valence-corrected chi connectivity index (χ2v) is 4.42. The van der Waals surface area contributed by atoms with Gasteiger partial charge in [-0.1, -0.05) is 13.8 Å². The monoisotopic (exact) mass is 194 g/mol. The number of nitriles is 1. The van der Waals surface area contributed by atoms with Crippen LogP contribution in [0, 0.1) is 16.7 Å². The quantitative estimate of drug-likeness (QED) is 0.744. The second-order valence-electron chi connectivity index (χ2n) is 4.42. The van der Waals surface area contributed by atoms with Crippen LogP contribution in [0.4, 0.5) is 0 Å². The lowest BCUT2D eigenvalue weighted by Crippen LogP contribution is -2.44. The van der Waals surface area contributed by atoms with Crippen LogP contribution >= 0.6 is 0 Å². The minimum absolute atomic E-state index is 0.0243. The van der Waals surface area contributed by atoms with E-state index in [0.29, 0.717) is 12.8 Å². The zero-order valence-electron chi connectivity index (χ0n) is 9.18. The van der Waals surface area contributed by atoms with E-state index in [1.54, 1.807) is 0 Å². The minimum Gasteiger partial charge on any atom is -0.350 e. The number of carbonyl (C=O) groups excluding carboxylic acids is 1. The molecular formula is C11H18N2O. The highest BCUT2D eigenvalue weighted by Gasteiger charge is 2.44. The highest BCUT2D eigenvalue weighted by molar-refractivity contribution is 5.86. The van der Waals surface area contributed by atoms with E-state index in [4.69, 9.17) is 5.26 Å². The highest BCUT2D eigenvalue weighted by Crippen LogP contribution is 2.36. The van der Waals surface area contributed by atoms with Crippen LogP contribution in [0.3, 0.4) is 0 Å².